The van der Waals surface area contributed by atoms with Crippen molar-refractivity contribution in [1.29, 1.82) is 0 Å². The van der Waals surface area contributed by atoms with Gasteiger partial charge in [0.2, 0.25) is 0 Å². The van der Waals surface area contributed by atoms with Crippen LogP contribution in [0.5, 0.6) is 0 Å². The third kappa shape index (κ3) is 6.24. The number of carboxylic acids is 1. The molecule has 1 amide bonds. The first-order valence-electron chi connectivity index (χ1n) is 6.02. The lowest BCUT2D eigenvalue weighted by atomic mass is 10.1. The van der Waals surface area contributed by atoms with Gasteiger partial charge in [-0.2, -0.15) is 0 Å². The highest BCUT2D eigenvalue weighted by atomic mass is 32.1. The van der Waals surface area contributed by atoms with E-state index in [1.54, 1.807) is 32.1 Å². The zero-order valence-corrected chi connectivity index (χ0v) is 12.1. The molecule has 0 saturated carbocycles. The van der Waals surface area contributed by atoms with Crippen molar-refractivity contribution in [3.05, 3.63) is 22.4 Å². The fourth-order valence-electron chi connectivity index (χ4n) is 1.45. The van der Waals surface area contributed by atoms with Crippen molar-refractivity contribution in [3.63, 3.8) is 0 Å². The van der Waals surface area contributed by atoms with Crippen LogP contribution in [0, 0.1) is 0 Å². The smallest absolute Gasteiger partial charge is 0.408 e. The third-order valence-electron chi connectivity index (χ3n) is 2.25. The fraction of sp³-hybridized carbons (Fsp3) is 0.538. The van der Waals surface area contributed by atoms with Crippen molar-refractivity contribution in [3.8, 4) is 0 Å². The molecule has 106 valence electrons. The van der Waals surface area contributed by atoms with Gasteiger partial charge < -0.3 is 15.2 Å². The minimum absolute atomic E-state index is 0.342. The van der Waals surface area contributed by atoms with Crippen molar-refractivity contribution in [2.45, 2.75) is 45.3 Å². The van der Waals surface area contributed by atoms with E-state index < -0.39 is 23.7 Å². The van der Waals surface area contributed by atoms with Crippen LogP contribution in [-0.2, 0) is 16.0 Å². The number of amides is 1. The molecule has 0 spiro atoms. The summed E-state index contributed by atoms with van der Waals surface area (Å²) in [5, 5.41) is 13.4. The highest BCUT2D eigenvalue weighted by Gasteiger charge is 2.23. The van der Waals surface area contributed by atoms with E-state index in [2.05, 4.69) is 5.32 Å². The van der Waals surface area contributed by atoms with Gasteiger partial charge in [-0.1, -0.05) is 6.07 Å². The average Bonchev–Trinajstić information content (AvgIpc) is 2.73. The van der Waals surface area contributed by atoms with Crippen molar-refractivity contribution in [2.75, 3.05) is 0 Å². The number of aliphatic carboxylic acids is 1. The van der Waals surface area contributed by atoms with Gasteiger partial charge in [0.05, 0.1) is 0 Å². The van der Waals surface area contributed by atoms with E-state index in [0.717, 1.165) is 4.88 Å². The molecule has 0 aromatic carbocycles. The van der Waals surface area contributed by atoms with Crippen LogP contribution >= 0.6 is 11.3 Å². The maximum atomic E-state index is 11.5. The van der Waals surface area contributed by atoms with Crippen LogP contribution in [0.1, 0.15) is 32.1 Å². The number of nitrogens with one attached hydrogen (secondary N) is 1. The summed E-state index contributed by atoms with van der Waals surface area (Å²) in [5.41, 5.74) is -0.638. The highest BCUT2D eigenvalue weighted by molar-refractivity contribution is 7.09. The summed E-state index contributed by atoms with van der Waals surface area (Å²) in [7, 11) is 0. The monoisotopic (exact) mass is 285 g/mol. The second-order valence-corrected chi connectivity index (χ2v) is 6.19. The van der Waals surface area contributed by atoms with Crippen LogP contribution in [0.2, 0.25) is 0 Å². The van der Waals surface area contributed by atoms with E-state index in [-0.39, 0.29) is 0 Å². The molecule has 1 aromatic heterocycles. The number of hydrogen-bond acceptors (Lipinski definition) is 4. The van der Waals surface area contributed by atoms with Crippen LogP contribution in [-0.4, -0.2) is 28.8 Å². The lowest BCUT2D eigenvalue weighted by Gasteiger charge is -2.21. The van der Waals surface area contributed by atoms with Crippen LogP contribution in [0.4, 0.5) is 4.79 Å². The molecule has 0 aliphatic heterocycles. The lowest BCUT2D eigenvalue weighted by molar-refractivity contribution is -0.139. The summed E-state index contributed by atoms with van der Waals surface area (Å²) < 4.78 is 5.04. The minimum Gasteiger partial charge on any atom is -0.480 e. The van der Waals surface area contributed by atoms with E-state index in [1.165, 1.54) is 0 Å². The van der Waals surface area contributed by atoms with Crippen LogP contribution in [0.15, 0.2) is 17.5 Å². The number of aryl methyl sites for hydroxylation is 1. The highest BCUT2D eigenvalue weighted by Crippen LogP contribution is 2.13. The van der Waals surface area contributed by atoms with Gasteiger partial charge in [0, 0.05) is 4.88 Å². The molecule has 1 aromatic rings. The standard InChI is InChI=1S/C13H19NO4S/c1-13(2,3)18-12(17)14-10(11(15)16)7-6-9-5-4-8-19-9/h4-5,8,10H,6-7H2,1-3H3,(H,14,17)(H,15,16). The number of carboxylic acid groups (broad SMARTS) is 1. The number of alkyl carbamates (subject to hydrolysis) is 1. The molecule has 1 rings (SSSR count). The Bertz CT molecular complexity index is 422. The number of rotatable bonds is 5. The van der Waals surface area contributed by atoms with Crippen LogP contribution in [0.25, 0.3) is 0 Å². The van der Waals surface area contributed by atoms with Crippen molar-refractivity contribution >= 4 is 23.4 Å². The predicted octanol–water partition coefficient (Wildman–Crippen LogP) is 2.66. The SMILES string of the molecule is CC(C)(C)OC(=O)NC(CCc1cccs1)C(=O)O. The quantitative estimate of drug-likeness (QED) is 0.872. The molecule has 0 bridgehead atoms. The predicted molar refractivity (Wildman–Crippen MR) is 73.4 cm³/mol. The summed E-state index contributed by atoms with van der Waals surface area (Å²) in [6.45, 7) is 5.19. The van der Waals surface area contributed by atoms with Gasteiger partial charge in [-0.3, -0.25) is 0 Å². The Hall–Kier alpha value is -1.56. The summed E-state index contributed by atoms with van der Waals surface area (Å²) >= 11 is 1.57. The Morgan fingerprint density at radius 3 is 2.63 bits per heavy atom. The summed E-state index contributed by atoms with van der Waals surface area (Å²) in [5.74, 6) is -1.05. The molecule has 5 nitrogen and oxygen atoms in total. The molecule has 1 atom stereocenters. The van der Waals surface area contributed by atoms with Gasteiger partial charge in [-0.25, -0.2) is 9.59 Å². The number of hydrogen-bond donors (Lipinski definition) is 2. The van der Waals surface area contributed by atoms with E-state index in [0.29, 0.717) is 12.8 Å². The summed E-state index contributed by atoms with van der Waals surface area (Å²) in [6, 6.07) is 2.92. The second kappa shape index (κ2) is 6.56. The number of thiophene rings is 1. The molecular weight excluding hydrogens is 266 g/mol. The maximum absolute atomic E-state index is 11.5. The number of ether oxygens (including phenoxy) is 1. The molecule has 1 unspecified atom stereocenters. The zero-order chi connectivity index (χ0) is 14.5. The number of carbonyl (C=O) groups is 2. The molecular formula is C13H19NO4S. The van der Waals surface area contributed by atoms with Gasteiger partial charge in [-0.05, 0) is 45.1 Å². The van der Waals surface area contributed by atoms with Crippen LogP contribution in [0.3, 0.4) is 0 Å². The molecule has 19 heavy (non-hydrogen) atoms. The Labute approximate surface area is 116 Å². The van der Waals surface area contributed by atoms with Crippen molar-refractivity contribution < 1.29 is 19.4 Å². The Morgan fingerprint density at radius 1 is 1.47 bits per heavy atom. The van der Waals surface area contributed by atoms with Crippen LogP contribution < -0.4 is 5.32 Å². The normalized spacial score (nSPS) is 12.8. The summed E-state index contributed by atoms with van der Waals surface area (Å²) in [6.07, 6.45) is 0.255. The molecule has 0 radical (unpaired) electrons. The first-order chi connectivity index (χ1) is 8.78. The fourth-order valence-corrected chi connectivity index (χ4v) is 2.17. The van der Waals surface area contributed by atoms with E-state index in [9.17, 15) is 9.59 Å². The molecule has 0 aliphatic carbocycles. The van der Waals surface area contributed by atoms with Gasteiger partial charge in [0.15, 0.2) is 0 Å². The first-order valence-corrected chi connectivity index (χ1v) is 6.90. The third-order valence-corrected chi connectivity index (χ3v) is 3.18. The van der Waals surface area contributed by atoms with Gasteiger partial charge in [0.25, 0.3) is 0 Å². The minimum atomic E-state index is -1.05. The lowest BCUT2D eigenvalue weighted by Crippen LogP contribution is -2.43. The molecule has 6 heteroatoms. The zero-order valence-electron chi connectivity index (χ0n) is 11.3. The van der Waals surface area contributed by atoms with Crippen molar-refractivity contribution in [1.82, 2.24) is 5.32 Å². The number of carbonyl (C=O) groups excluding carboxylic acids is 1. The van der Waals surface area contributed by atoms with E-state index in [1.807, 2.05) is 17.5 Å². The molecule has 2 N–H and O–H groups in total. The molecule has 0 fully saturated rings. The largest absolute Gasteiger partial charge is 0.480 e. The van der Waals surface area contributed by atoms with E-state index in [4.69, 9.17) is 9.84 Å². The Kier molecular flexibility index (Phi) is 5.35. The molecule has 1 heterocycles. The average molecular weight is 285 g/mol. The van der Waals surface area contributed by atoms with Gasteiger partial charge in [0.1, 0.15) is 11.6 Å². The second-order valence-electron chi connectivity index (χ2n) is 5.16. The Morgan fingerprint density at radius 2 is 2.16 bits per heavy atom. The van der Waals surface area contributed by atoms with Gasteiger partial charge in [-0.15, -0.1) is 11.3 Å². The summed E-state index contributed by atoms with van der Waals surface area (Å²) in [4.78, 5) is 23.7. The van der Waals surface area contributed by atoms with Gasteiger partial charge >= 0.3 is 12.1 Å². The Balaban J connectivity index is 2.49. The van der Waals surface area contributed by atoms with Crippen molar-refractivity contribution in [2.24, 2.45) is 0 Å². The maximum Gasteiger partial charge on any atom is 0.408 e. The first kappa shape index (κ1) is 15.5. The topological polar surface area (TPSA) is 75.6 Å². The molecule has 0 saturated heterocycles. The molecule has 0 aliphatic rings. The van der Waals surface area contributed by atoms with E-state index >= 15 is 0 Å².